The first-order valence-corrected chi connectivity index (χ1v) is 6.36. The Bertz CT molecular complexity index is 419. The quantitative estimate of drug-likeness (QED) is 0.714. The van der Waals surface area contributed by atoms with Crippen molar-refractivity contribution < 1.29 is 8.78 Å². The van der Waals surface area contributed by atoms with Crippen LogP contribution in [0.4, 0.5) is 8.78 Å². The van der Waals surface area contributed by atoms with Crippen LogP contribution >= 0.6 is 0 Å². The molecule has 1 aromatic rings. The zero-order chi connectivity index (χ0) is 12.2. The maximum Gasteiger partial charge on any atom is 0.159 e. The number of hydrogen-bond donors (Lipinski definition) is 0. The molecule has 17 heavy (non-hydrogen) atoms. The highest BCUT2D eigenvalue weighted by Gasteiger charge is 2.42. The highest BCUT2D eigenvalue weighted by molar-refractivity contribution is 5.39. The molecule has 2 heterocycles. The molecule has 2 aliphatic heterocycles. The molecule has 1 fully saturated rings. The fraction of sp³-hybridized carbons (Fsp3) is 0.571. The Kier molecular flexibility index (Phi) is 2.47. The average molecular weight is 237 g/mol. The van der Waals surface area contributed by atoms with Gasteiger partial charge in [-0.15, -0.1) is 0 Å². The van der Waals surface area contributed by atoms with Crippen molar-refractivity contribution in [1.29, 1.82) is 0 Å². The molecule has 1 saturated heterocycles. The predicted molar refractivity (Wildman–Crippen MR) is 62.7 cm³/mol. The minimum Gasteiger partial charge on any atom is -0.287 e. The largest absolute Gasteiger partial charge is 0.287 e. The standard InChI is InChI=1S/C14H17F2N/c1-8(2)17-13-4-3-5-14(17)10-7-12(16)11(15)6-9(10)13/h6-8,13-14H,3-5H2,1-2H3. The number of rotatable bonds is 1. The van der Waals surface area contributed by atoms with Crippen LogP contribution in [0.25, 0.3) is 0 Å². The minimum atomic E-state index is -0.708. The number of piperidine rings is 1. The molecule has 1 nitrogen and oxygen atoms in total. The van der Waals surface area contributed by atoms with E-state index in [9.17, 15) is 8.78 Å². The highest BCUT2D eigenvalue weighted by Crippen LogP contribution is 2.51. The molecule has 0 aliphatic carbocycles. The third kappa shape index (κ3) is 1.52. The van der Waals surface area contributed by atoms with Crippen LogP contribution in [-0.2, 0) is 0 Å². The lowest BCUT2D eigenvalue weighted by atomic mass is 9.99. The SMILES string of the molecule is CC(C)N1C2CCCC1c1cc(F)c(F)cc12. The average Bonchev–Trinajstić information content (AvgIpc) is 2.47. The van der Waals surface area contributed by atoms with Crippen LogP contribution in [-0.4, -0.2) is 10.9 Å². The predicted octanol–water partition coefficient (Wildman–Crippen LogP) is 3.95. The van der Waals surface area contributed by atoms with Crippen molar-refractivity contribution in [2.75, 3.05) is 0 Å². The van der Waals surface area contributed by atoms with Crippen LogP contribution in [0.2, 0.25) is 0 Å². The van der Waals surface area contributed by atoms with E-state index in [4.69, 9.17) is 0 Å². The molecule has 0 amide bonds. The summed E-state index contributed by atoms with van der Waals surface area (Å²) in [6.45, 7) is 4.31. The third-order valence-corrected chi connectivity index (χ3v) is 4.12. The minimum absolute atomic E-state index is 0.291. The molecule has 0 N–H and O–H groups in total. The van der Waals surface area contributed by atoms with Crippen molar-refractivity contribution >= 4 is 0 Å². The summed E-state index contributed by atoms with van der Waals surface area (Å²) in [7, 11) is 0. The third-order valence-electron chi connectivity index (χ3n) is 4.12. The van der Waals surface area contributed by atoms with Gasteiger partial charge in [0.2, 0.25) is 0 Å². The number of hydrogen-bond acceptors (Lipinski definition) is 1. The summed E-state index contributed by atoms with van der Waals surface area (Å²) in [4.78, 5) is 2.41. The lowest BCUT2D eigenvalue weighted by Crippen LogP contribution is -2.35. The smallest absolute Gasteiger partial charge is 0.159 e. The van der Waals surface area contributed by atoms with E-state index in [-0.39, 0.29) is 0 Å². The maximum atomic E-state index is 13.4. The highest BCUT2D eigenvalue weighted by atomic mass is 19.2. The second-order valence-corrected chi connectivity index (χ2v) is 5.40. The van der Waals surface area contributed by atoms with E-state index in [0.29, 0.717) is 18.1 Å². The molecule has 0 aromatic heterocycles. The van der Waals surface area contributed by atoms with E-state index in [0.717, 1.165) is 30.4 Å². The molecule has 0 saturated carbocycles. The van der Waals surface area contributed by atoms with Gasteiger partial charge in [0.1, 0.15) is 0 Å². The summed E-state index contributed by atoms with van der Waals surface area (Å²) in [5.41, 5.74) is 2.03. The van der Waals surface area contributed by atoms with E-state index in [2.05, 4.69) is 18.7 Å². The van der Waals surface area contributed by atoms with Gasteiger partial charge in [0.25, 0.3) is 0 Å². The lowest BCUT2D eigenvalue weighted by molar-refractivity contribution is 0.0745. The molecule has 2 bridgehead atoms. The Labute approximate surface area is 100 Å². The summed E-state index contributed by atoms with van der Waals surface area (Å²) in [5.74, 6) is -1.42. The summed E-state index contributed by atoms with van der Waals surface area (Å²) >= 11 is 0. The van der Waals surface area contributed by atoms with Crippen molar-refractivity contribution in [1.82, 2.24) is 4.90 Å². The van der Waals surface area contributed by atoms with Gasteiger partial charge in [0, 0.05) is 18.1 Å². The summed E-state index contributed by atoms with van der Waals surface area (Å²) < 4.78 is 26.7. The first-order chi connectivity index (χ1) is 8.09. The van der Waals surface area contributed by atoms with Crippen LogP contribution in [0, 0.1) is 11.6 Å². The second kappa shape index (κ2) is 3.77. The van der Waals surface area contributed by atoms with Gasteiger partial charge >= 0.3 is 0 Å². The monoisotopic (exact) mass is 237 g/mol. The van der Waals surface area contributed by atoms with Gasteiger partial charge < -0.3 is 0 Å². The zero-order valence-corrected chi connectivity index (χ0v) is 10.2. The van der Waals surface area contributed by atoms with E-state index in [1.807, 2.05) is 0 Å². The van der Waals surface area contributed by atoms with Crippen LogP contribution < -0.4 is 0 Å². The van der Waals surface area contributed by atoms with Crippen LogP contribution in [0.1, 0.15) is 56.3 Å². The number of benzene rings is 1. The molecule has 3 rings (SSSR count). The number of halogens is 2. The van der Waals surface area contributed by atoms with E-state index in [1.165, 1.54) is 12.1 Å². The molecule has 0 radical (unpaired) electrons. The summed E-state index contributed by atoms with van der Waals surface area (Å²) in [5, 5.41) is 0. The first-order valence-electron chi connectivity index (χ1n) is 6.36. The van der Waals surface area contributed by atoms with Gasteiger partial charge in [0.05, 0.1) is 0 Å². The normalized spacial score (nSPS) is 27.6. The van der Waals surface area contributed by atoms with Gasteiger partial charge in [-0.2, -0.15) is 0 Å². The summed E-state index contributed by atoms with van der Waals surface area (Å²) in [6, 6.07) is 3.83. The molecule has 2 aliphatic rings. The van der Waals surface area contributed by atoms with Crippen LogP contribution in [0.15, 0.2) is 12.1 Å². The lowest BCUT2D eigenvalue weighted by Gasteiger charge is -2.38. The van der Waals surface area contributed by atoms with Gasteiger partial charge in [-0.3, -0.25) is 4.90 Å². The molecule has 3 heteroatoms. The van der Waals surface area contributed by atoms with E-state index >= 15 is 0 Å². The van der Waals surface area contributed by atoms with Crippen molar-refractivity contribution in [3.8, 4) is 0 Å². The Balaban J connectivity index is 2.13. The van der Waals surface area contributed by atoms with Gasteiger partial charge in [-0.05, 0) is 56.4 Å². The molecule has 92 valence electrons. The van der Waals surface area contributed by atoms with Crippen LogP contribution in [0.3, 0.4) is 0 Å². The molecule has 0 spiro atoms. The number of fused-ring (bicyclic) bond motifs is 5. The zero-order valence-electron chi connectivity index (χ0n) is 10.2. The van der Waals surface area contributed by atoms with E-state index in [1.54, 1.807) is 0 Å². The van der Waals surface area contributed by atoms with Crippen molar-refractivity contribution in [2.24, 2.45) is 0 Å². The van der Waals surface area contributed by atoms with Gasteiger partial charge in [-0.1, -0.05) is 0 Å². The Morgan fingerprint density at radius 1 is 1.06 bits per heavy atom. The fourth-order valence-electron chi connectivity index (χ4n) is 3.53. The second-order valence-electron chi connectivity index (χ2n) is 5.40. The molecular weight excluding hydrogens is 220 g/mol. The molecule has 2 unspecified atom stereocenters. The topological polar surface area (TPSA) is 3.24 Å². The van der Waals surface area contributed by atoms with Crippen LogP contribution in [0.5, 0.6) is 0 Å². The van der Waals surface area contributed by atoms with Crippen molar-refractivity contribution in [2.45, 2.75) is 51.2 Å². The maximum absolute atomic E-state index is 13.4. The Morgan fingerprint density at radius 2 is 1.53 bits per heavy atom. The van der Waals surface area contributed by atoms with Gasteiger partial charge in [0.15, 0.2) is 11.6 Å². The van der Waals surface area contributed by atoms with Crippen molar-refractivity contribution in [3.63, 3.8) is 0 Å². The Hall–Kier alpha value is -0.960. The summed E-state index contributed by atoms with van der Waals surface area (Å²) in [6.07, 6.45) is 3.27. The van der Waals surface area contributed by atoms with E-state index < -0.39 is 11.6 Å². The molecule has 1 aromatic carbocycles. The number of nitrogens with zero attached hydrogens (tertiary/aromatic N) is 1. The molecular formula is C14H17F2N. The first kappa shape index (κ1) is 11.1. The van der Waals surface area contributed by atoms with Crippen molar-refractivity contribution in [3.05, 3.63) is 34.9 Å². The fourth-order valence-corrected chi connectivity index (χ4v) is 3.53. The Morgan fingerprint density at radius 3 is 1.94 bits per heavy atom. The van der Waals surface area contributed by atoms with Gasteiger partial charge in [-0.25, -0.2) is 8.78 Å². The molecule has 2 atom stereocenters.